The third kappa shape index (κ3) is 1.86. The second-order valence-electron chi connectivity index (χ2n) is 4.22. The molecule has 2 aromatic carbocycles. The van der Waals surface area contributed by atoms with Gasteiger partial charge in [0.05, 0.1) is 5.56 Å². The van der Waals surface area contributed by atoms with Gasteiger partial charge in [-0.25, -0.2) is 8.78 Å². The summed E-state index contributed by atoms with van der Waals surface area (Å²) in [4.78, 5) is 0. The fourth-order valence-electron chi connectivity index (χ4n) is 2.22. The molecular weight excluding hydrogens is 345 g/mol. The highest BCUT2D eigenvalue weighted by Gasteiger charge is 2.16. The van der Waals surface area contributed by atoms with Crippen LogP contribution in [0.5, 0.6) is 0 Å². The van der Waals surface area contributed by atoms with Gasteiger partial charge in [0.15, 0.2) is 0 Å². The molecular formula is C15H9F2I. The van der Waals surface area contributed by atoms with Gasteiger partial charge in [-0.3, -0.25) is 0 Å². The molecule has 1 aliphatic carbocycles. The lowest BCUT2D eigenvalue weighted by Gasteiger charge is -2.08. The van der Waals surface area contributed by atoms with E-state index in [2.05, 4.69) is 28.7 Å². The molecule has 90 valence electrons. The second kappa shape index (κ2) is 4.46. The van der Waals surface area contributed by atoms with Crippen LogP contribution < -0.4 is 0 Å². The molecule has 0 heterocycles. The Morgan fingerprint density at radius 2 is 1.72 bits per heavy atom. The van der Waals surface area contributed by atoms with Crippen LogP contribution in [-0.4, -0.2) is 0 Å². The topological polar surface area (TPSA) is 0 Å². The SMILES string of the molecule is Fc1cccc(F)c1-c1ccc2c(c1)C(I)=CC2. The molecule has 0 saturated heterocycles. The summed E-state index contributed by atoms with van der Waals surface area (Å²) in [6.45, 7) is 0. The lowest BCUT2D eigenvalue weighted by atomic mass is 9.99. The van der Waals surface area contributed by atoms with E-state index in [0.717, 1.165) is 15.6 Å². The first-order valence-electron chi connectivity index (χ1n) is 5.60. The second-order valence-corrected chi connectivity index (χ2v) is 5.39. The number of allylic oxidation sites excluding steroid dienone is 1. The fraction of sp³-hybridized carbons (Fsp3) is 0.0667. The number of hydrogen-bond acceptors (Lipinski definition) is 0. The summed E-state index contributed by atoms with van der Waals surface area (Å²) in [5.74, 6) is -1.04. The van der Waals surface area contributed by atoms with Crippen LogP contribution in [0, 0.1) is 11.6 Å². The number of halogens is 3. The van der Waals surface area contributed by atoms with Gasteiger partial charge < -0.3 is 0 Å². The monoisotopic (exact) mass is 354 g/mol. The van der Waals surface area contributed by atoms with Gasteiger partial charge >= 0.3 is 0 Å². The largest absolute Gasteiger partial charge is 0.206 e. The highest BCUT2D eigenvalue weighted by Crippen LogP contribution is 2.36. The quantitative estimate of drug-likeness (QED) is 0.635. The standard InChI is InChI=1S/C15H9F2I/c16-12-2-1-3-13(17)15(12)10-5-4-9-6-7-14(18)11(9)8-10/h1-5,7-8H,6H2. The Labute approximate surface area is 117 Å². The molecule has 0 saturated carbocycles. The minimum atomic E-state index is -0.521. The van der Waals surface area contributed by atoms with E-state index >= 15 is 0 Å². The van der Waals surface area contributed by atoms with Crippen molar-refractivity contribution in [2.45, 2.75) is 6.42 Å². The summed E-state index contributed by atoms with van der Waals surface area (Å²) in [6, 6.07) is 9.54. The molecule has 1 aliphatic rings. The molecule has 0 atom stereocenters. The predicted octanol–water partition coefficient (Wildman–Crippen LogP) is 4.96. The van der Waals surface area contributed by atoms with Crippen molar-refractivity contribution in [3.63, 3.8) is 0 Å². The van der Waals surface area contributed by atoms with E-state index in [0.29, 0.717) is 5.56 Å². The van der Waals surface area contributed by atoms with Gasteiger partial charge in [-0.2, -0.15) is 0 Å². The van der Waals surface area contributed by atoms with E-state index in [9.17, 15) is 8.78 Å². The average Bonchev–Trinajstić information content (AvgIpc) is 2.71. The minimum Gasteiger partial charge on any atom is -0.206 e. The molecule has 0 nitrogen and oxygen atoms in total. The zero-order valence-corrected chi connectivity index (χ0v) is 11.5. The van der Waals surface area contributed by atoms with Crippen molar-refractivity contribution in [3.8, 4) is 11.1 Å². The molecule has 0 bridgehead atoms. The summed E-state index contributed by atoms with van der Waals surface area (Å²) in [6.07, 6.45) is 3.01. The van der Waals surface area contributed by atoms with Crippen LogP contribution in [-0.2, 0) is 6.42 Å². The molecule has 18 heavy (non-hydrogen) atoms. The maximum absolute atomic E-state index is 13.7. The molecule has 3 rings (SSSR count). The van der Waals surface area contributed by atoms with Crippen LogP contribution in [0.1, 0.15) is 11.1 Å². The van der Waals surface area contributed by atoms with Crippen LogP contribution in [0.3, 0.4) is 0 Å². The first kappa shape index (κ1) is 11.8. The number of hydrogen-bond donors (Lipinski definition) is 0. The van der Waals surface area contributed by atoms with E-state index in [1.165, 1.54) is 23.8 Å². The molecule has 0 spiro atoms. The van der Waals surface area contributed by atoms with Crippen LogP contribution in [0.2, 0.25) is 0 Å². The fourth-order valence-corrected chi connectivity index (χ4v) is 2.94. The van der Waals surface area contributed by atoms with Gasteiger partial charge in [0.1, 0.15) is 11.6 Å². The molecule has 0 amide bonds. The Kier molecular flexibility index (Phi) is 2.93. The van der Waals surface area contributed by atoms with Crippen LogP contribution >= 0.6 is 22.6 Å². The molecule has 0 N–H and O–H groups in total. The van der Waals surface area contributed by atoms with Crippen molar-refractivity contribution < 1.29 is 8.78 Å². The van der Waals surface area contributed by atoms with Crippen molar-refractivity contribution in [1.29, 1.82) is 0 Å². The Bertz CT molecular complexity index is 639. The minimum absolute atomic E-state index is 0.0522. The Hall–Kier alpha value is -1.23. The maximum atomic E-state index is 13.7. The molecule has 2 aromatic rings. The lowest BCUT2D eigenvalue weighted by molar-refractivity contribution is 0.589. The Morgan fingerprint density at radius 1 is 1.00 bits per heavy atom. The predicted molar refractivity (Wildman–Crippen MR) is 77.5 cm³/mol. The summed E-state index contributed by atoms with van der Waals surface area (Å²) >= 11 is 2.25. The zero-order valence-electron chi connectivity index (χ0n) is 9.38. The van der Waals surface area contributed by atoms with Gasteiger partial charge in [0, 0.05) is 3.58 Å². The normalized spacial score (nSPS) is 13.4. The lowest BCUT2D eigenvalue weighted by Crippen LogP contribution is -1.91. The number of rotatable bonds is 1. The van der Waals surface area contributed by atoms with E-state index in [1.54, 1.807) is 6.07 Å². The van der Waals surface area contributed by atoms with E-state index in [1.807, 2.05) is 12.1 Å². The number of fused-ring (bicyclic) bond motifs is 1. The van der Waals surface area contributed by atoms with Crippen LogP contribution in [0.4, 0.5) is 8.78 Å². The number of benzene rings is 2. The molecule has 0 aliphatic heterocycles. The molecule has 0 fully saturated rings. The Morgan fingerprint density at radius 3 is 2.44 bits per heavy atom. The first-order valence-corrected chi connectivity index (χ1v) is 6.68. The summed E-state index contributed by atoms with van der Waals surface area (Å²) in [5.41, 5.74) is 2.93. The third-order valence-electron chi connectivity index (χ3n) is 3.12. The van der Waals surface area contributed by atoms with Gasteiger partial charge in [0.25, 0.3) is 0 Å². The van der Waals surface area contributed by atoms with Gasteiger partial charge in [-0.05, 0) is 63.9 Å². The summed E-state index contributed by atoms with van der Waals surface area (Å²) in [5, 5.41) is 0. The average molecular weight is 354 g/mol. The maximum Gasteiger partial charge on any atom is 0.133 e. The third-order valence-corrected chi connectivity index (χ3v) is 4.14. The molecule has 0 aromatic heterocycles. The van der Waals surface area contributed by atoms with Crippen molar-refractivity contribution in [2.24, 2.45) is 0 Å². The first-order chi connectivity index (χ1) is 8.66. The van der Waals surface area contributed by atoms with Crippen molar-refractivity contribution in [3.05, 3.63) is 65.2 Å². The smallest absolute Gasteiger partial charge is 0.133 e. The summed E-state index contributed by atoms with van der Waals surface area (Å²) < 4.78 is 28.6. The van der Waals surface area contributed by atoms with E-state index in [-0.39, 0.29) is 5.56 Å². The highest BCUT2D eigenvalue weighted by molar-refractivity contribution is 14.1. The highest BCUT2D eigenvalue weighted by atomic mass is 127. The van der Waals surface area contributed by atoms with E-state index in [4.69, 9.17) is 0 Å². The molecule has 0 unspecified atom stereocenters. The van der Waals surface area contributed by atoms with Gasteiger partial charge in [0.2, 0.25) is 0 Å². The van der Waals surface area contributed by atoms with E-state index < -0.39 is 11.6 Å². The van der Waals surface area contributed by atoms with Crippen molar-refractivity contribution in [2.75, 3.05) is 0 Å². The Balaban J connectivity index is 2.19. The van der Waals surface area contributed by atoms with Gasteiger partial charge in [-0.15, -0.1) is 0 Å². The molecule has 0 radical (unpaired) electrons. The van der Waals surface area contributed by atoms with Crippen molar-refractivity contribution in [1.82, 2.24) is 0 Å². The van der Waals surface area contributed by atoms with Crippen molar-refractivity contribution >= 4 is 26.2 Å². The zero-order chi connectivity index (χ0) is 12.7. The van der Waals surface area contributed by atoms with Crippen LogP contribution in [0.25, 0.3) is 14.7 Å². The summed E-state index contributed by atoms with van der Waals surface area (Å²) in [7, 11) is 0. The van der Waals surface area contributed by atoms with Gasteiger partial charge in [-0.1, -0.05) is 24.3 Å². The van der Waals surface area contributed by atoms with Crippen LogP contribution in [0.15, 0.2) is 42.5 Å². The molecule has 3 heteroatoms.